The van der Waals surface area contributed by atoms with Gasteiger partial charge in [-0.3, -0.25) is 4.79 Å². The molecule has 0 heterocycles. The van der Waals surface area contributed by atoms with Crippen LogP contribution in [0.2, 0.25) is 0 Å². The molecule has 0 aromatic heterocycles. The summed E-state index contributed by atoms with van der Waals surface area (Å²) >= 11 is 0. The van der Waals surface area contributed by atoms with Crippen LogP contribution in [0.3, 0.4) is 0 Å². The van der Waals surface area contributed by atoms with Crippen LogP contribution in [0.15, 0.2) is 48.5 Å². The minimum Gasteiger partial charge on any atom is -0.449 e. The Morgan fingerprint density at radius 3 is 2.23 bits per heavy atom. The molecule has 0 radical (unpaired) electrons. The van der Waals surface area contributed by atoms with E-state index in [4.69, 9.17) is 10.5 Å². The van der Waals surface area contributed by atoms with Crippen LogP contribution in [-0.2, 0) is 9.53 Å². The summed E-state index contributed by atoms with van der Waals surface area (Å²) in [6, 6.07) is 16.5. The highest BCUT2D eigenvalue weighted by Gasteiger charge is 2.62. The summed E-state index contributed by atoms with van der Waals surface area (Å²) < 4.78 is 5.79. The Bertz CT molecular complexity index is 1690. The number of carbonyl (C=O) groups excluding carboxylic acids is 2. The fourth-order valence-corrected chi connectivity index (χ4v) is 13.5. The summed E-state index contributed by atoms with van der Waals surface area (Å²) in [6.45, 7) is 11.8. The van der Waals surface area contributed by atoms with Crippen LogP contribution in [0.25, 0.3) is 11.1 Å². The number of fused-ring (bicyclic) bond motifs is 8. The first-order valence-corrected chi connectivity index (χ1v) is 22.3. The lowest BCUT2D eigenvalue weighted by Gasteiger charge is -2.62. The second kappa shape index (κ2) is 16.9. The Morgan fingerprint density at radius 1 is 0.895 bits per heavy atom. The van der Waals surface area contributed by atoms with Crippen molar-refractivity contribution in [1.29, 1.82) is 0 Å². The number of carbonyl (C=O) groups is 2. The first-order chi connectivity index (χ1) is 27.1. The largest absolute Gasteiger partial charge is 0.449 e. The molecule has 0 bridgehead atoms. The normalized spacial score (nSPS) is 33.5. The fraction of sp³-hybridized carbons (Fsp3) is 0.708. The van der Waals surface area contributed by atoms with E-state index < -0.39 is 23.8 Å². The summed E-state index contributed by atoms with van der Waals surface area (Å²) in [4.78, 5) is 26.2. The van der Waals surface area contributed by atoms with Crippen molar-refractivity contribution in [3.63, 3.8) is 0 Å². The number of ether oxygens (including phenoxy) is 1. The maximum Gasteiger partial charge on any atom is 0.407 e. The van der Waals surface area contributed by atoms with E-state index in [0.29, 0.717) is 54.9 Å². The molecular formula is C48H71N3O6. The number of alkyl carbamates (subject to hydrolysis) is 1. The lowest BCUT2D eigenvalue weighted by molar-refractivity contribution is -0.174. The summed E-state index contributed by atoms with van der Waals surface area (Å²) in [7, 11) is 0. The second-order valence-corrected chi connectivity index (χ2v) is 20.1. The lowest BCUT2D eigenvalue weighted by Crippen LogP contribution is -2.58. The Kier molecular flexibility index (Phi) is 12.5. The zero-order valence-electron chi connectivity index (χ0n) is 35.2. The number of benzene rings is 2. The van der Waals surface area contributed by atoms with Gasteiger partial charge in [0.1, 0.15) is 12.8 Å². The molecule has 2 aromatic carbocycles. The lowest BCUT2D eigenvalue weighted by atomic mass is 9.43. The van der Waals surface area contributed by atoms with Crippen LogP contribution < -0.4 is 16.4 Å². The number of hydrogen-bond acceptors (Lipinski definition) is 7. The van der Waals surface area contributed by atoms with Gasteiger partial charge in [-0.1, -0.05) is 75.7 Å². The minimum absolute atomic E-state index is 0.0405. The van der Waals surface area contributed by atoms with Gasteiger partial charge >= 0.3 is 6.09 Å². The Balaban J connectivity index is 0.829. The van der Waals surface area contributed by atoms with E-state index in [1.54, 1.807) is 0 Å². The summed E-state index contributed by atoms with van der Waals surface area (Å²) in [5, 5.41) is 38.7. The molecule has 5 aliphatic rings. The van der Waals surface area contributed by atoms with Gasteiger partial charge in [-0.2, -0.15) is 0 Å². The van der Waals surface area contributed by atoms with Crippen molar-refractivity contribution in [2.45, 2.75) is 148 Å². The average Bonchev–Trinajstić information content (AvgIpc) is 3.69. The van der Waals surface area contributed by atoms with Crippen molar-refractivity contribution in [2.75, 3.05) is 13.2 Å². The first-order valence-electron chi connectivity index (χ1n) is 22.3. The number of nitrogens with two attached hydrogens (primary N) is 1. The molecule has 0 spiro atoms. The molecule has 2 amide bonds. The van der Waals surface area contributed by atoms with Crippen molar-refractivity contribution in [2.24, 2.45) is 58.0 Å². The smallest absolute Gasteiger partial charge is 0.407 e. The third-order valence-electron chi connectivity index (χ3n) is 16.6. The first kappa shape index (κ1) is 42.2. The van der Waals surface area contributed by atoms with Gasteiger partial charge in [0.25, 0.3) is 0 Å². The van der Waals surface area contributed by atoms with Crippen molar-refractivity contribution in [3.05, 3.63) is 59.7 Å². The summed E-state index contributed by atoms with van der Waals surface area (Å²) in [6.07, 6.45) is 9.70. The van der Waals surface area contributed by atoms with Crippen LogP contribution in [0.5, 0.6) is 0 Å². The molecule has 314 valence electrons. The van der Waals surface area contributed by atoms with Gasteiger partial charge in [0.05, 0.1) is 12.2 Å². The molecule has 57 heavy (non-hydrogen) atoms. The average molecular weight is 786 g/mol. The number of nitrogens with one attached hydrogen (secondary N) is 2. The van der Waals surface area contributed by atoms with Crippen LogP contribution >= 0.6 is 0 Å². The third-order valence-corrected chi connectivity index (χ3v) is 16.6. The maximum atomic E-state index is 13.1. The van der Waals surface area contributed by atoms with Gasteiger partial charge in [0.15, 0.2) is 0 Å². The highest BCUT2D eigenvalue weighted by atomic mass is 16.5. The van der Waals surface area contributed by atoms with E-state index in [2.05, 4.69) is 55.7 Å². The van der Waals surface area contributed by atoms with Gasteiger partial charge < -0.3 is 36.4 Å². The van der Waals surface area contributed by atoms with Gasteiger partial charge in [-0.05, 0) is 153 Å². The Morgan fingerprint density at radius 2 is 1.54 bits per heavy atom. The number of rotatable bonds is 14. The van der Waals surface area contributed by atoms with E-state index in [-0.39, 0.29) is 41.5 Å². The number of unbranched alkanes of at least 4 members (excludes halogenated alkanes) is 1. The third kappa shape index (κ3) is 8.29. The highest BCUT2D eigenvalue weighted by molar-refractivity contribution is 5.79. The van der Waals surface area contributed by atoms with Crippen LogP contribution in [0.1, 0.15) is 135 Å². The topological polar surface area (TPSA) is 154 Å². The highest BCUT2D eigenvalue weighted by Crippen LogP contribution is 2.68. The van der Waals surface area contributed by atoms with Crippen molar-refractivity contribution < 1.29 is 29.6 Å². The predicted molar refractivity (Wildman–Crippen MR) is 224 cm³/mol. The van der Waals surface area contributed by atoms with Gasteiger partial charge in [-0.25, -0.2) is 4.79 Å². The molecule has 0 saturated heterocycles. The quantitative estimate of drug-likeness (QED) is 0.0842. The standard InChI is InChI=1S/C48H71N3O6/c1-29(37-18-19-38-43-39(22-24-48(37,38)5)47(4)23-21-31(52)26-30(47)27-41(43)53)17-20-42(54)50-25-11-10-16-40(44(49)55)46(2,3)51-45(56)57-28-36-34-14-8-6-12-32(34)33-13-7-9-15-35(33)36/h6-9,12-15,29-31,36-41,43-44,52-53,55H,10-11,16-28,49H2,1-5H3,(H,50,54)(H,51,56)/t29?,30-,31-,37?,38+,39?,40?,41+,43+,44?,47?,48?/m1/s1. The molecule has 9 heteroatoms. The fourth-order valence-electron chi connectivity index (χ4n) is 13.5. The molecule has 5 aliphatic carbocycles. The molecule has 4 fully saturated rings. The van der Waals surface area contributed by atoms with E-state index in [1.807, 2.05) is 38.1 Å². The predicted octanol–water partition coefficient (Wildman–Crippen LogP) is 7.89. The van der Waals surface area contributed by atoms with Crippen LogP contribution in [-0.4, -0.2) is 64.4 Å². The molecule has 2 aromatic rings. The zero-order valence-corrected chi connectivity index (χ0v) is 35.2. The molecule has 4 saturated carbocycles. The SMILES string of the molecule is CC(CCC(=O)NCCCCC(C(N)O)C(C)(C)NC(=O)OCC1c2ccccc2-c2ccccc21)C1CC[C@H]2[C@H]3C(CCC12C)C1(C)CC[C@@H](O)C[C@@H]1C[C@@H]3O. The van der Waals surface area contributed by atoms with Crippen molar-refractivity contribution >= 4 is 12.0 Å². The number of amides is 2. The van der Waals surface area contributed by atoms with Crippen LogP contribution in [0.4, 0.5) is 4.79 Å². The minimum atomic E-state index is -1.13. The summed E-state index contributed by atoms with van der Waals surface area (Å²) in [5.74, 6) is 2.50. The molecule has 7 N–H and O–H groups in total. The summed E-state index contributed by atoms with van der Waals surface area (Å²) in [5.41, 5.74) is 10.3. The second-order valence-electron chi connectivity index (χ2n) is 20.1. The van der Waals surface area contributed by atoms with Gasteiger partial charge in [0, 0.05) is 30.3 Å². The number of hydrogen-bond donors (Lipinski definition) is 6. The Labute approximate surface area is 341 Å². The molecule has 7 unspecified atom stereocenters. The van der Waals surface area contributed by atoms with E-state index in [9.17, 15) is 24.9 Å². The molecule has 9 nitrogen and oxygen atoms in total. The monoisotopic (exact) mass is 786 g/mol. The molecule has 7 rings (SSSR count). The van der Waals surface area contributed by atoms with E-state index in [1.165, 1.54) is 36.8 Å². The number of aliphatic hydroxyl groups is 3. The van der Waals surface area contributed by atoms with Crippen LogP contribution in [0, 0.1) is 52.3 Å². The van der Waals surface area contributed by atoms with Gasteiger partial charge in [-0.15, -0.1) is 0 Å². The van der Waals surface area contributed by atoms with E-state index >= 15 is 0 Å². The molecule has 12 atom stereocenters. The zero-order chi connectivity index (χ0) is 40.7. The Hall–Kier alpha value is -2.98. The van der Waals surface area contributed by atoms with Gasteiger partial charge in [0.2, 0.25) is 5.91 Å². The van der Waals surface area contributed by atoms with Crippen molar-refractivity contribution in [1.82, 2.24) is 10.6 Å². The molecule has 0 aliphatic heterocycles. The number of aliphatic hydroxyl groups excluding tert-OH is 3. The van der Waals surface area contributed by atoms with E-state index in [0.717, 1.165) is 56.1 Å². The maximum absolute atomic E-state index is 13.1. The van der Waals surface area contributed by atoms with Crippen molar-refractivity contribution in [3.8, 4) is 11.1 Å². The molecular weight excluding hydrogens is 715 g/mol.